The number of hydrogen-bond donors (Lipinski definition) is 1. The topological polar surface area (TPSA) is 92.8 Å². The molecule has 0 aliphatic rings. The highest BCUT2D eigenvalue weighted by Crippen LogP contribution is 2.30. The minimum Gasteiger partial charge on any atom is -0.465 e. The van der Waals surface area contributed by atoms with Gasteiger partial charge in [-0.25, -0.2) is 13.2 Å². The molecule has 0 atom stereocenters. The third-order valence-electron chi connectivity index (χ3n) is 3.28. The van der Waals surface area contributed by atoms with E-state index in [4.69, 9.17) is 23.2 Å². The van der Waals surface area contributed by atoms with Crippen molar-refractivity contribution in [3.8, 4) is 0 Å². The van der Waals surface area contributed by atoms with Gasteiger partial charge in [-0.1, -0.05) is 29.3 Å². The molecule has 7 nitrogen and oxygen atoms in total. The van der Waals surface area contributed by atoms with Gasteiger partial charge >= 0.3 is 5.97 Å². The summed E-state index contributed by atoms with van der Waals surface area (Å²) in [6, 6.07) is 5.97. The first-order valence-corrected chi connectivity index (χ1v) is 10.1. The van der Waals surface area contributed by atoms with E-state index >= 15 is 0 Å². The molecule has 0 fully saturated rings. The van der Waals surface area contributed by atoms with Crippen LogP contribution < -0.4 is 5.32 Å². The Labute approximate surface area is 164 Å². The van der Waals surface area contributed by atoms with Gasteiger partial charge in [-0.2, -0.15) is 4.31 Å². The fourth-order valence-electron chi connectivity index (χ4n) is 1.99. The van der Waals surface area contributed by atoms with Gasteiger partial charge in [0.25, 0.3) is 0 Å². The number of esters is 1. The summed E-state index contributed by atoms with van der Waals surface area (Å²) in [5.41, 5.74) is 0.192. The number of ether oxygens (including phenoxy) is 1. The molecule has 0 spiro atoms. The molecule has 1 aromatic heterocycles. The van der Waals surface area contributed by atoms with Gasteiger partial charge in [0.05, 0.1) is 29.4 Å². The number of benzene rings is 1. The van der Waals surface area contributed by atoms with E-state index in [1.54, 1.807) is 6.07 Å². The Balaban J connectivity index is 2.18. The van der Waals surface area contributed by atoms with Crippen molar-refractivity contribution >= 4 is 62.1 Å². The van der Waals surface area contributed by atoms with Crippen LogP contribution in [0.5, 0.6) is 0 Å². The summed E-state index contributed by atoms with van der Waals surface area (Å²) in [7, 11) is -1.69. The molecule has 11 heteroatoms. The lowest BCUT2D eigenvalue weighted by Crippen LogP contribution is -2.35. The van der Waals surface area contributed by atoms with E-state index in [1.165, 1.54) is 30.6 Å². The first-order valence-electron chi connectivity index (χ1n) is 7.04. The summed E-state index contributed by atoms with van der Waals surface area (Å²) in [6.45, 7) is -0.500. The van der Waals surface area contributed by atoms with Crippen LogP contribution in [0.2, 0.25) is 10.0 Å². The fourth-order valence-corrected chi connectivity index (χ4v) is 4.92. The number of amides is 1. The zero-order valence-corrected chi connectivity index (χ0v) is 16.8. The Bertz CT molecular complexity index is 923. The van der Waals surface area contributed by atoms with Gasteiger partial charge in [0.1, 0.15) is 9.77 Å². The molecule has 1 heterocycles. The zero-order valence-electron chi connectivity index (χ0n) is 13.7. The SMILES string of the molecule is COC(=O)c1sccc1S(=O)(=O)N(C)CC(=O)Nc1c(Cl)cccc1Cl. The van der Waals surface area contributed by atoms with Crippen LogP contribution in [0.3, 0.4) is 0 Å². The predicted octanol–water partition coefficient (Wildman–Crippen LogP) is 3.10. The van der Waals surface area contributed by atoms with E-state index in [9.17, 15) is 18.0 Å². The Morgan fingerprint density at radius 1 is 1.23 bits per heavy atom. The number of likely N-dealkylation sites (N-methyl/N-ethyl adjacent to an activating group) is 1. The van der Waals surface area contributed by atoms with Crippen LogP contribution in [-0.2, 0) is 19.6 Å². The third-order valence-corrected chi connectivity index (χ3v) is 6.78. The molecule has 1 amide bonds. The summed E-state index contributed by atoms with van der Waals surface area (Å²) in [6.07, 6.45) is 0. The zero-order chi connectivity index (χ0) is 19.5. The predicted molar refractivity (Wildman–Crippen MR) is 101 cm³/mol. The number of thiophene rings is 1. The van der Waals surface area contributed by atoms with Crippen LogP contribution in [0.25, 0.3) is 0 Å². The Kier molecular flexibility index (Phi) is 6.64. The number of nitrogens with zero attached hydrogens (tertiary/aromatic N) is 1. The van der Waals surface area contributed by atoms with Crippen LogP contribution in [0, 0.1) is 0 Å². The van der Waals surface area contributed by atoms with Gasteiger partial charge in [-0.05, 0) is 23.6 Å². The van der Waals surface area contributed by atoms with Gasteiger partial charge < -0.3 is 10.1 Å². The highest BCUT2D eigenvalue weighted by atomic mass is 35.5. The van der Waals surface area contributed by atoms with Crippen molar-refractivity contribution in [1.29, 1.82) is 0 Å². The van der Waals surface area contributed by atoms with E-state index in [0.717, 1.165) is 22.8 Å². The van der Waals surface area contributed by atoms with Gasteiger partial charge in [-0.15, -0.1) is 11.3 Å². The quantitative estimate of drug-likeness (QED) is 0.702. The molecule has 0 bridgehead atoms. The minimum atomic E-state index is -4.07. The number of carbonyl (C=O) groups is 2. The lowest BCUT2D eigenvalue weighted by Gasteiger charge is -2.17. The van der Waals surface area contributed by atoms with Crippen molar-refractivity contribution in [2.45, 2.75) is 4.90 Å². The van der Waals surface area contributed by atoms with Crippen molar-refractivity contribution in [2.24, 2.45) is 0 Å². The van der Waals surface area contributed by atoms with Gasteiger partial charge in [0, 0.05) is 7.05 Å². The second-order valence-electron chi connectivity index (χ2n) is 5.01. The molecule has 140 valence electrons. The molecule has 0 aliphatic carbocycles. The smallest absolute Gasteiger partial charge is 0.349 e. The Morgan fingerprint density at radius 3 is 2.42 bits per heavy atom. The Morgan fingerprint density at radius 2 is 1.85 bits per heavy atom. The van der Waals surface area contributed by atoms with E-state index < -0.39 is 28.4 Å². The van der Waals surface area contributed by atoms with Crippen LogP contribution in [0.4, 0.5) is 5.69 Å². The summed E-state index contributed by atoms with van der Waals surface area (Å²) >= 11 is 12.9. The fraction of sp³-hybridized carbons (Fsp3) is 0.200. The molecule has 2 rings (SSSR count). The van der Waals surface area contributed by atoms with Crippen molar-refractivity contribution < 1.29 is 22.7 Å². The molecule has 0 unspecified atom stereocenters. The third kappa shape index (κ3) is 4.36. The standard InChI is InChI=1S/C15H14Cl2N2O5S2/c1-19(8-12(20)18-13-9(16)4-3-5-10(13)17)26(22,23)11-6-7-25-14(11)15(21)24-2/h3-7H,8H2,1-2H3,(H,18,20). The summed E-state index contributed by atoms with van der Waals surface area (Å²) in [5.74, 6) is -1.40. The van der Waals surface area contributed by atoms with Crippen molar-refractivity contribution in [3.63, 3.8) is 0 Å². The van der Waals surface area contributed by atoms with E-state index in [1.807, 2.05) is 0 Å². The Hall–Kier alpha value is -1.65. The maximum Gasteiger partial charge on any atom is 0.349 e. The average Bonchev–Trinajstić information content (AvgIpc) is 3.08. The number of carbonyl (C=O) groups excluding carboxylic acids is 2. The van der Waals surface area contributed by atoms with Crippen LogP contribution in [0.1, 0.15) is 9.67 Å². The number of hydrogen-bond acceptors (Lipinski definition) is 6. The second-order valence-corrected chi connectivity index (χ2v) is 8.76. The number of anilines is 1. The van der Waals surface area contributed by atoms with Gasteiger partial charge in [-0.3, -0.25) is 4.79 Å². The lowest BCUT2D eigenvalue weighted by molar-refractivity contribution is -0.116. The van der Waals surface area contributed by atoms with Crippen LogP contribution in [-0.4, -0.2) is 45.3 Å². The maximum atomic E-state index is 12.6. The largest absolute Gasteiger partial charge is 0.465 e. The average molecular weight is 437 g/mol. The lowest BCUT2D eigenvalue weighted by atomic mass is 10.3. The molecule has 0 saturated carbocycles. The number of nitrogens with one attached hydrogen (secondary N) is 1. The normalized spacial score (nSPS) is 11.4. The molecule has 0 aliphatic heterocycles. The number of halogens is 2. The minimum absolute atomic E-state index is 0.0612. The summed E-state index contributed by atoms with van der Waals surface area (Å²) < 4.78 is 30.7. The number of para-hydroxylation sites is 1. The highest BCUT2D eigenvalue weighted by Gasteiger charge is 2.29. The van der Waals surface area contributed by atoms with E-state index in [2.05, 4.69) is 10.1 Å². The van der Waals surface area contributed by atoms with Gasteiger partial charge in [0.15, 0.2) is 0 Å². The molecule has 26 heavy (non-hydrogen) atoms. The van der Waals surface area contributed by atoms with Crippen molar-refractivity contribution in [3.05, 3.63) is 44.6 Å². The van der Waals surface area contributed by atoms with Crippen molar-refractivity contribution in [2.75, 3.05) is 26.0 Å². The van der Waals surface area contributed by atoms with Gasteiger partial charge in [0.2, 0.25) is 15.9 Å². The van der Waals surface area contributed by atoms with E-state index in [-0.39, 0.29) is 25.5 Å². The van der Waals surface area contributed by atoms with Crippen LogP contribution in [0.15, 0.2) is 34.5 Å². The van der Waals surface area contributed by atoms with Crippen molar-refractivity contribution in [1.82, 2.24) is 4.31 Å². The van der Waals surface area contributed by atoms with Crippen LogP contribution >= 0.6 is 34.5 Å². The highest BCUT2D eigenvalue weighted by molar-refractivity contribution is 7.89. The first-order chi connectivity index (χ1) is 12.2. The molecule has 0 radical (unpaired) electrons. The maximum absolute atomic E-state index is 12.6. The number of methoxy groups -OCH3 is 1. The molecule has 1 aromatic carbocycles. The molecule has 2 aromatic rings. The molecule has 0 saturated heterocycles. The first kappa shape index (κ1) is 20.7. The number of sulfonamides is 1. The molecule has 1 N–H and O–H groups in total. The monoisotopic (exact) mass is 436 g/mol. The molecular formula is C15H14Cl2N2O5S2. The number of rotatable bonds is 6. The summed E-state index contributed by atoms with van der Waals surface area (Å²) in [4.78, 5) is 23.6. The molecular weight excluding hydrogens is 423 g/mol. The second kappa shape index (κ2) is 8.36. The van der Waals surface area contributed by atoms with E-state index in [0.29, 0.717) is 0 Å². The summed E-state index contributed by atoms with van der Waals surface area (Å²) in [5, 5.41) is 4.38.